The van der Waals surface area contributed by atoms with Crippen LogP contribution in [0.25, 0.3) is 0 Å². The number of fused-ring (bicyclic) bond motifs is 2. The van der Waals surface area contributed by atoms with E-state index in [2.05, 4.69) is 17.0 Å². The number of guanidine groups is 1. The molecule has 1 atom stereocenters. The molecule has 0 radical (unpaired) electrons. The van der Waals surface area contributed by atoms with Crippen molar-refractivity contribution in [2.24, 2.45) is 10.1 Å². The lowest BCUT2D eigenvalue weighted by molar-refractivity contribution is 0.378. The summed E-state index contributed by atoms with van der Waals surface area (Å²) >= 11 is 14.0. The SMILES string of the molecule is CSC1=NN2C(=Nc3ccc(Cl)cc3C2c2ccccc2)N1c1ccc(Cl)cc1. The van der Waals surface area contributed by atoms with Crippen molar-refractivity contribution in [2.45, 2.75) is 6.04 Å². The van der Waals surface area contributed by atoms with Crippen LogP contribution in [0.5, 0.6) is 0 Å². The van der Waals surface area contributed by atoms with Gasteiger partial charge in [0.1, 0.15) is 6.04 Å². The highest BCUT2D eigenvalue weighted by Crippen LogP contribution is 2.44. The zero-order chi connectivity index (χ0) is 20.0. The van der Waals surface area contributed by atoms with Crippen molar-refractivity contribution in [1.82, 2.24) is 5.01 Å². The molecular formula is C22H16Cl2N4S. The Bertz CT molecular complexity index is 1130. The number of nitrogens with zero attached hydrogens (tertiary/aromatic N) is 4. The fourth-order valence-electron chi connectivity index (χ4n) is 3.63. The van der Waals surface area contributed by atoms with E-state index in [9.17, 15) is 0 Å². The van der Waals surface area contributed by atoms with E-state index >= 15 is 0 Å². The summed E-state index contributed by atoms with van der Waals surface area (Å²) in [6.45, 7) is 0. The zero-order valence-corrected chi connectivity index (χ0v) is 17.8. The fraction of sp³-hybridized carbons (Fsp3) is 0.0909. The van der Waals surface area contributed by atoms with Gasteiger partial charge in [0.05, 0.1) is 11.4 Å². The van der Waals surface area contributed by atoms with Crippen LogP contribution in [-0.4, -0.2) is 22.4 Å². The molecular weight excluding hydrogens is 423 g/mol. The number of thioether (sulfide) groups is 1. The third kappa shape index (κ3) is 3.19. The Morgan fingerprint density at radius 2 is 1.62 bits per heavy atom. The molecule has 2 aliphatic heterocycles. The molecule has 0 bridgehead atoms. The molecule has 0 N–H and O–H groups in total. The maximum Gasteiger partial charge on any atom is 0.234 e. The van der Waals surface area contributed by atoms with E-state index < -0.39 is 0 Å². The van der Waals surface area contributed by atoms with Crippen LogP contribution in [0.2, 0.25) is 10.0 Å². The van der Waals surface area contributed by atoms with Gasteiger partial charge in [-0.3, -0.25) is 4.90 Å². The molecule has 0 aliphatic carbocycles. The number of anilines is 1. The smallest absolute Gasteiger partial charge is 0.234 e. The predicted molar refractivity (Wildman–Crippen MR) is 124 cm³/mol. The van der Waals surface area contributed by atoms with Gasteiger partial charge in [0.15, 0.2) is 5.17 Å². The van der Waals surface area contributed by atoms with Crippen molar-refractivity contribution in [2.75, 3.05) is 11.2 Å². The van der Waals surface area contributed by atoms with Gasteiger partial charge in [-0.25, -0.2) is 10.0 Å². The molecule has 4 nitrogen and oxygen atoms in total. The van der Waals surface area contributed by atoms with Crippen LogP contribution in [0.4, 0.5) is 11.4 Å². The van der Waals surface area contributed by atoms with Gasteiger partial charge in [-0.15, -0.1) is 5.10 Å². The van der Waals surface area contributed by atoms with Crippen molar-refractivity contribution < 1.29 is 0 Å². The Labute approximate surface area is 183 Å². The van der Waals surface area contributed by atoms with E-state index in [0.29, 0.717) is 10.0 Å². The van der Waals surface area contributed by atoms with Crippen LogP contribution in [0, 0.1) is 0 Å². The number of aliphatic imine (C=N–C) groups is 1. The molecule has 7 heteroatoms. The molecule has 5 rings (SSSR count). The summed E-state index contributed by atoms with van der Waals surface area (Å²) in [6, 6.07) is 23.7. The van der Waals surface area contributed by atoms with Gasteiger partial charge in [-0.05, 0) is 54.3 Å². The summed E-state index contributed by atoms with van der Waals surface area (Å²) in [5.41, 5.74) is 4.03. The first-order valence-corrected chi connectivity index (χ1v) is 11.0. The minimum atomic E-state index is -0.114. The first kappa shape index (κ1) is 18.6. The molecule has 3 aromatic rings. The van der Waals surface area contributed by atoms with Gasteiger partial charge >= 0.3 is 0 Å². The van der Waals surface area contributed by atoms with Gasteiger partial charge in [-0.1, -0.05) is 65.3 Å². The van der Waals surface area contributed by atoms with E-state index in [-0.39, 0.29) is 6.04 Å². The van der Waals surface area contributed by atoms with E-state index in [4.69, 9.17) is 33.3 Å². The van der Waals surface area contributed by atoms with Crippen LogP contribution in [0.15, 0.2) is 82.9 Å². The Balaban J connectivity index is 1.71. The Hall–Kier alpha value is -2.47. The third-order valence-corrected chi connectivity index (χ3v) is 6.04. The average Bonchev–Trinajstić information content (AvgIpc) is 3.11. The molecule has 0 amide bonds. The van der Waals surface area contributed by atoms with Gasteiger partial charge < -0.3 is 0 Å². The summed E-state index contributed by atoms with van der Waals surface area (Å²) in [7, 11) is 0. The number of hydrogen-bond acceptors (Lipinski definition) is 5. The Morgan fingerprint density at radius 1 is 0.897 bits per heavy atom. The highest BCUT2D eigenvalue weighted by Gasteiger charge is 2.41. The number of benzene rings is 3. The van der Waals surface area contributed by atoms with Gasteiger partial charge in [-0.2, -0.15) is 0 Å². The third-order valence-electron chi connectivity index (χ3n) is 4.92. The number of amidine groups is 1. The molecule has 1 unspecified atom stereocenters. The van der Waals surface area contributed by atoms with Gasteiger partial charge in [0.25, 0.3) is 0 Å². The zero-order valence-electron chi connectivity index (χ0n) is 15.5. The topological polar surface area (TPSA) is 31.2 Å². The first-order chi connectivity index (χ1) is 14.2. The lowest BCUT2D eigenvalue weighted by Gasteiger charge is -2.33. The van der Waals surface area contributed by atoms with Crippen molar-refractivity contribution >= 4 is 57.5 Å². The first-order valence-electron chi connectivity index (χ1n) is 9.06. The second kappa shape index (κ2) is 7.41. The van der Waals surface area contributed by atoms with E-state index in [1.165, 1.54) is 0 Å². The van der Waals surface area contributed by atoms with Crippen LogP contribution in [0.3, 0.4) is 0 Å². The second-order valence-electron chi connectivity index (χ2n) is 6.67. The monoisotopic (exact) mass is 438 g/mol. The van der Waals surface area contributed by atoms with Crippen molar-refractivity contribution in [3.05, 3.63) is 94.0 Å². The maximum absolute atomic E-state index is 6.34. The molecule has 144 valence electrons. The van der Waals surface area contributed by atoms with Crippen LogP contribution in [-0.2, 0) is 0 Å². The molecule has 0 saturated carbocycles. The highest BCUT2D eigenvalue weighted by molar-refractivity contribution is 8.13. The summed E-state index contributed by atoms with van der Waals surface area (Å²) in [5, 5.41) is 9.14. The van der Waals surface area contributed by atoms with E-state index in [1.807, 2.05) is 71.9 Å². The van der Waals surface area contributed by atoms with Crippen molar-refractivity contribution in [3.63, 3.8) is 0 Å². The van der Waals surface area contributed by atoms with Gasteiger partial charge in [0, 0.05) is 15.6 Å². The summed E-state index contributed by atoms with van der Waals surface area (Å²) < 4.78 is 0. The molecule has 2 heterocycles. The number of rotatable bonds is 2. The van der Waals surface area contributed by atoms with Crippen LogP contribution >= 0.6 is 35.0 Å². The maximum atomic E-state index is 6.34. The summed E-state index contributed by atoms with van der Waals surface area (Å²) in [5.74, 6) is 0.764. The molecule has 0 fully saturated rings. The quantitative estimate of drug-likeness (QED) is 0.454. The molecule has 29 heavy (non-hydrogen) atoms. The van der Waals surface area contributed by atoms with Crippen LogP contribution in [0.1, 0.15) is 17.2 Å². The number of halogens is 2. The van der Waals surface area contributed by atoms with Crippen molar-refractivity contribution in [1.29, 1.82) is 0 Å². The number of hydrogen-bond donors (Lipinski definition) is 0. The Kier molecular flexibility index (Phi) is 4.74. The number of hydrazone groups is 1. The normalized spacial score (nSPS) is 17.6. The molecule has 0 saturated heterocycles. The highest BCUT2D eigenvalue weighted by atomic mass is 35.5. The van der Waals surface area contributed by atoms with Gasteiger partial charge in [0.2, 0.25) is 5.96 Å². The largest absolute Gasteiger partial charge is 0.256 e. The van der Waals surface area contributed by atoms with E-state index in [0.717, 1.165) is 33.6 Å². The van der Waals surface area contributed by atoms with Crippen molar-refractivity contribution in [3.8, 4) is 0 Å². The van der Waals surface area contributed by atoms with E-state index in [1.54, 1.807) is 11.8 Å². The molecule has 3 aromatic carbocycles. The predicted octanol–water partition coefficient (Wildman–Crippen LogP) is 6.54. The fourth-order valence-corrected chi connectivity index (χ4v) is 4.48. The molecule has 2 aliphatic rings. The second-order valence-corrected chi connectivity index (χ2v) is 8.32. The lowest BCUT2D eigenvalue weighted by atomic mass is 9.95. The summed E-state index contributed by atoms with van der Waals surface area (Å²) in [6.07, 6.45) is 2.02. The lowest BCUT2D eigenvalue weighted by Crippen LogP contribution is -2.40. The molecule has 0 spiro atoms. The average molecular weight is 439 g/mol. The minimum absolute atomic E-state index is 0.114. The molecule has 0 aromatic heterocycles. The Morgan fingerprint density at radius 3 is 2.34 bits per heavy atom. The minimum Gasteiger partial charge on any atom is -0.256 e. The standard InChI is InChI=1S/C22H16Cl2N4S/c1-29-22-26-28-20(14-5-3-2-4-6-14)18-13-16(24)9-12-19(18)25-21(28)27(22)17-10-7-15(23)8-11-17/h2-13,20H,1H3. The van der Waals surface area contributed by atoms with Crippen LogP contribution < -0.4 is 4.90 Å². The summed E-state index contributed by atoms with van der Waals surface area (Å²) in [4.78, 5) is 7.02.